The molecule has 0 saturated carbocycles. The minimum absolute atomic E-state index is 0.0513. The van der Waals surface area contributed by atoms with Crippen LogP contribution in [-0.2, 0) is 4.79 Å². The number of hydrazine groups is 1. The van der Waals surface area contributed by atoms with Gasteiger partial charge in [-0.2, -0.15) is 5.26 Å². The summed E-state index contributed by atoms with van der Waals surface area (Å²) < 4.78 is 5.47. The highest BCUT2D eigenvalue weighted by Gasteiger charge is 2.43. The molecule has 2 aliphatic rings. The molecule has 2 saturated heterocycles. The number of carbonyl (C=O) groups is 1. The van der Waals surface area contributed by atoms with Crippen molar-refractivity contribution in [3.8, 4) is 11.8 Å². The fourth-order valence-electron chi connectivity index (χ4n) is 6.55. The highest BCUT2D eigenvalue weighted by atomic mass is 16.5. The molecule has 2 fully saturated rings. The quantitative estimate of drug-likeness (QED) is 0.282. The topological polar surface area (TPSA) is 130 Å². The summed E-state index contributed by atoms with van der Waals surface area (Å²) in [5.74, 6) is 0.276. The number of piperidine rings is 1. The lowest BCUT2D eigenvalue weighted by atomic mass is 9.74. The van der Waals surface area contributed by atoms with Crippen LogP contribution in [0, 0.1) is 17.2 Å². The zero-order valence-corrected chi connectivity index (χ0v) is 25.6. The Morgan fingerprint density at radius 3 is 2.74 bits per heavy atom. The van der Waals surface area contributed by atoms with Crippen LogP contribution in [-0.4, -0.2) is 71.4 Å². The summed E-state index contributed by atoms with van der Waals surface area (Å²) in [7, 11) is 5.70. The molecule has 11 nitrogen and oxygen atoms in total. The molecule has 0 aliphatic carbocycles. The first-order valence-electron chi connectivity index (χ1n) is 15.2. The minimum Gasteiger partial charge on any atom is -0.496 e. The third-order valence-corrected chi connectivity index (χ3v) is 8.69. The van der Waals surface area contributed by atoms with Crippen LogP contribution < -0.4 is 26.1 Å². The van der Waals surface area contributed by atoms with E-state index in [0.717, 1.165) is 44.2 Å². The number of amides is 1. The minimum atomic E-state index is -0.781. The maximum atomic E-state index is 13.8. The number of nitrogens with zero attached hydrogens (tertiary/aromatic N) is 5. The smallest absolute Gasteiger partial charge is 0.224 e. The molecule has 42 heavy (non-hydrogen) atoms. The van der Waals surface area contributed by atoms with Gasteiger partial charge in [-0.25, -0.2) is 20.4 Å². The van der Waals surface area contributed by atoms with Crippen LogP contribution in [0.25, 0.3) is 0 Å². The number of unbranched alkanes of at least 4 members (excludes halogenated alkanes) is 1. The van der Waals surface area contributed by atoms with E-state index in [0.29, 0.717) is 24.3 Å². The molecule has 1 amide bonds. The van der Waals surface area contributed by atoms with Gasteiger partial charge in [-0.3, -0.25) is 20.3 Å². The fraction of sp³-hybridized carbons (Fsp3) is 0.613. The molecule has 0 spiro atoms. The molecule has 4 rings (SSSR count). The van der Waals surface area contributed by atoms with E-state index in [4.69, 9.17) is 4.74 Å². The SMILES string of the molecule is CCCCC1(CCC)CC(C(=O)N[C@H](C#N)c2ccccc2OC)CC(NCC2N(C)NC(c3ccncn3)N2C)N1. The molecule has 5 unspecified atom stereocenters. The summed E-state index contributed by atoms with van der Waals surface area (Å²) in [6, 6.07) is 10.8. The summed E-state index contributed by atoms with van der Waals surface area (Å²) in [6.45, 7) is 5.10. The first-order chi connectivity index (χ1) is 20.3. The van der Waals surface area contributed by atoms with Crippen molar-refractivity contribution in [2.75, 3.05) is 27.7 Å². The van der Waals surface area contributed by atoms with Crippen LogP contribution >= 0.6 is 0 Å². The number of nitriles is 1. The van der Waals surface area contributed by atoms with Crippen molar-refractivity contribution in [1.29, 1.82) is 5.26 Å². The third kappa shape index (κ3) is 7.43. The van der Waals surface area contributed by atoms with E-state index >= 15 is 0 Å². The molecule has 3 heterocycles. The fourth-order valence-corrected chi connectivity index (χ4v) is 6.55. The standard InChI is InChI=1S/C31H47N9O2/c1-6-8-15-31(14-7-2)18-22(30(41)36-25(19-32)23-11-9-10-12-26(23)42-5)17-27(37-31)34-20-28-39(3)29(38-40(28)4)24-13-16-33-21-35-24/h9-13,16,21-22,25,27-29,34,37-38H,6-8,14-15,17-18,20H2,1-5H3,(H,36,41)/t22?,25-,27?,28?,29?,31?/m1/s1. The van der Waals surface area contributed by atoms with Crippen molar-refractivity contribution in [1.82, 2.24) is 41.3 Å². The van der Waals surface area contributed by atoms with Crippen molar-refractivity contribution in [3.63, 3.8) is 0 Å². The molecular weight excluding hydrogens is 530 g/mol. The summed E-state index contributed by atoms with van der Waals surface area (Å²) in [5, 5.41) is 22.8. The highest BCUT2D eigenvalue weighted by Crippen LogP contribution is 2.36. The second-order valence-corrected chi connectivity index (χ2v) is 11.6. The molecule has 4 N–H and O–H groups in total. The van der Waals surface area contributed by atoms with Gasteiger partial charge in [-0.05, 0) is 44.9 Å². The lowest BCUT2D eigenvalue weighted by Gasteiger charge is -2.46. The Morgan fingerprint density at radius 2 is 2.05 bits per heavy atom. The number of hydrogen-bond acceptors (Lipinski definition) is 10. The molecule has 1 aromatic carbocycles. The zero-order chi connectivity index (χ0) is 30.1. The van der Waals surface area contributed by atoms with Crippen molar-refractivity contribution in [3.05, 3.63) is 54.1 Å². The van der Waals surface area contributed by atoms with Crippen LogP contribution in [0.1, 0.15) is 82.3 Å². The Bertz CT molecular complexity index is 1190. The van der Waals surface area contributed by atoms with Gasteiger partial charge in [0.05, 0.1) is 31.2 Å². The van der Waals surface area contributed by atoms with Gasteiger partial charge in [0.2, 0.25) is 5.91 Å². The van der Waals surface area contributed by atoms with Gasteiger partial charge in [0.1, 0.15) is 24.3 Å². The van der Waals surface area contributed by atoms with Crippen LogP contribution in [0.15, 0.2) is 42.9 Å². The number of benzene rings is 1. The first-order valence-corrected chi connectivity index (χ1v) is 15.2. The van der Waals surface area contributed by atoms with Gasteiger partial charge in [0.25, 0.3) is 0 Å². The van der Waals surface area contributed by atoms with E-state index in [-0.39, 0.29) is 35.9 Å². The molecule has 2 aromatic rings. The second-order valence-electron chi connectivity index (χ2n) is 11.6. The number of rotatable bonds is 13. The van der Waals surface area contributed by atoms with Gasteiger partial charge < -0.3 is 10.1 Å². The molecule has 11 heteroatoms. The van der Waals surface area contributed by atoms with Crippen LogP contribution in [0.4, 0.5) is 0 Å². The van der Waals surface area contributed by atoms with Gasteiger partial charge in [-0.1, -0.05) is 51.3 Å². The van der Waals surface area contributed by atoms with Crippen molar-refractivity contribution < 1.29 is 9.53 Å². The van der Waals surface area contributed by atoms with E-state index in [9.17, 15) is 10.1 Å². The maximum absolute atomic E-state index is 13.8. The predicted molar refractivity (Wildman–Crippen MR) is 162 cm³/mol. The Labute approximate surface area is 250 Å². The van der Waals surface area contributed by atoms with Crippen LogP contribution in [0.5, 0.6) is 5.75 Å². The molecule has 6 atom stereocenters. The first kappa shape index (κ1) is 31.8. The number of carbonyl (C=O) groups excluding carboxylic acids is 1. The van der Waals surface area contributed by atoms with E-state index in [1.165, 1.54) is 0 Å². The van der Waals surface area contributed by atoms with E-state index in [1.807, 2.05) is 37.4 Å². The largest absolute Gasteiger partial charge is 0.496 e. The second kappa shape index (κ2) is 14.8. The highest BCUT2D eigenvalue weighted by molar-refractivity contribution is 5.80. The monoisotopic (exact) mass is 577 g/mol. The Morgan fingerprint density at radius 1 is 1.24 bits per heavy atom. The summed E-state index contributed by atoms with van der Waals surface area (Å²) in [4.78, 5) is 24.6. The van der Waals surface area contributed by atoms with Crippen LogP contribution in [0.3, 0.4) is 0 Å². The number of methoxy groups -OCH3 is 1. The van der Waals surface area contributed by atoms with Gasteiger partial charge in [0, 0.05) is 36.8 Å². The van der Waals surface area contributed by atoms with E-state index in [1.54, 1.807) is 19.6 Å². The number of aromatic nitrogens is 2. The lowest BCUT2D eigenvalue weighted by molar-refractivity contribution is -0.128. The average molecular weight is 578 g/mol. The Kier molecular flexibility index (Phi) is 11.2. The number of para-hydroxylation sites is 1. The lowest BCUT2D eigenvalue weighted by Crippen LogP contribution is -2.63. The van der Waals surface area contributed by atoms with Gasteiger partial charge in [-0.15, -0.1) is 0 Å². The van der Waals surface area contributed by atoms with Crippen LogP contribution in [0.2, 0.25) is 0 Å². The average Bonchev–Trinajstić information content (AvgIpc) is 3.30. The Balaban J connectivity index is 1.49. The summed E-state index contributed by atoms with van der Waals surface area (Å²) in [5.41, 5.74) is 4.94. The third-order valence-electron chi connectivity index (χ3n) is 8.69. The normalized spacial score (nSPS) is 27.3. The molecule has 2 aliphatic heterocycles. The zero-order valence-electron chi connectivity index (χ0n) is 25.6. The number of nitrogens with one attached hydrogen (secondary N) is 4. The predicted octanol–water partition coefficient (Wildman–Crippen LogP) is 3.22. The van der Waals surface area contributed by atoms with Crippen molar-refractivity contribution in [2.45, 2.75) is 88.9 Å². The summed E-state index contributed by atoms with van der Waals surface area (Å²) in [6.07, 6.45) is 9.90. The molecular formula is C31H47N9O2. The number of likely N-dealkylation sites (N-methyl/N-ethyl adjacent to an activating group) is 2. The maximum Gasteiger partial charge on any atom is 0.224 e. The molecule has 0 bridgehead atoms. The molecule has 0 radical (unpaired) electrons. The number of ether oxygens (including phenoxy) is 1. The van der Waals surface area contributed by atoms with Gasteiger partial charge in [0.15, 0.2) is 0 Å². The molecule has 1 aromatic heterocycles. The number of hydrogen-bond donors (Lipinski definition) is 4. The van der Waals surface area contributed by atoms with Crippen molar-refractivity contribution >= 4 is 5.91 Å². The summed E-state index contributed by atoms with van der Waals surface area (Å²) >= 11 is 0. The Hall–Kier alpha value is -3.14. The van der Waals surface area contributed by atoms with E-state index in [2.05, 4.69) is 68.2 Å². The van der Waals surface area contributed by atoms with Crippen molar-refractivity contribution in [2.24, 2.45) is 5.92 Å². The molecule has 228 valence electrons. The van der Waals surface area contributed by atoms with Gasteiger partial charge >= 0.3 is 0 Å². The van der Waals surface area contributed by atoms with E-state index < -0.39 is 6.04 Å².